The van der Waals surface area contributed by atoms with Gasteiger partial charge in [-0.1, -0.05) is 25.1 Å². The Bertz CT molecular complexity index is 468. The van der Waals surface area contributed by atoms with Crippen molar-refractivity contribution < 1.29 is 9.53 Å². The van der Waals surface area contributed by atoms with E-state index in [2.05, 4.69) is 17.6 Å². The lowest BCUT2D eigenvalue weighted by Gasteiger charge is -2.17. The number of nitrogens with one attached hydrogen (secondary N) is 2. The van der Waals surface area contributed by atoms with E-state index >= 15 is 0 Å². The fourth-order valence-corrected chi connectivity index (χ4v) is 1.84. The Morgan fingerprint density at radius 1 is 1.45 bits per heavy atom. The molecule has 5 heteroatoms. The van der Waals surface area contributed by atoms with Crippen molar-refractivity contribution in [2.45, 2.75) is 26.3 Å². The Hall–Kier alpha value is -2.06. The number of hydrogen-bond acceptors (Lipinski definition) is 4. The van der Waals surface area contributed by atoms with Gasteiger partial charge in [-0.15, -0.1) is 0 Å². The van der Waals surface area contributed by atoms with E-state index in [1.54, 1.807) is 0 Å². The van der Waals surface area contributed by atoms with E-state index < -0.39 is 0 Å². The minimum absolute atomic E-state index is 0.0404. The van der Waals surface area contributed by atoms with Crippen molar-refractivity contribution in [1.29, 1.82) is 5.26 Å². The largest absolute Gasteiger partial charge is 0.483 e. The van der Waals surface area contributed by atoms with E-state index in [1.165, 1.54) is 0 Å². The molecule has 0 saturated carbocycles. The molecule has 1 aromatic carbocycles. The second kappa shape index (κ2) is 8.94. The predicted molar refractivity (Wildman–Crippen MR) is 77.3 cm³/mol. The third-order valence-corrected chi connectivity index (χ3v) is 2.81. The van der Waals surface area contributed by atoms with Crippen LogP contribution in [0.25, 0.3) is 0 Å². The van der Waals surface area contributed by atoms with Crippen molar-refractivity contribution in [2.75, 3.05) is 19.7 Å². The molecule has 1 atom stereocenters. The number of rotatable bonds is 8. The molecule has 0 fully saturated rings. The molecule has 1 rings (SSSR count). The molecule has 0 aromatic heterocycles. The molecule has 0 radical (unpaired) electrons. The van der Waals surface area contributed by atoms with Crippen LogP contribution in [0.3, 0.4) is 0 Å². The number of nitrogens with zero attached hydrogens (tertiary/aromatic N) is 1. The molecule has 0 aliphatic carbocycles. The minimum Gasteiger partial charge on any atom is -0.483 e. The highest BCUT2D eigenvalue weighted by molar-refractivity contribution is 5.77. The van der Waals surface area contributed by atoms with Crippen molar-refractivity contribution in [1.82, 2.24) is 10.6 Å². The van der Waals surface area contributed by atoms with Gasteiger partial charge in [0, 0.05) is 18.2 Å². The summed E-state index contributed by atoms with van der Waals surface area (Å²) < 4.78 is 5.56. The van der Waals surface area contributed by atoms with Crippen molar-refractivity contribution >= 4 is 5.91 Å². The van der Waals surface area contributed by atoms with E-state index in [-0.39, 0.29) is 18.6 Å². The standard InChI is InChI=1S/C15H21N3O2/c1-3-17-12(2)13-7-4-5-8-14(13)20-11-15(19)18-10-6-9-16/h4-5,7-8,12,17H,3,6,10-11H2,1-2H3,(H,18,19). The number of carbonyl (C=O) groups is 1. The molecule has 0 saturated heterocycles. The Labute approximate surface area is 119 Å². The highest BCUT2D eigenvalue weighted by Crippen LogP contribution is 2.24. The van der Waals surface area contributed by atoms with Crippen molar-refractivity contribution in [3.63, 3.8) is 0 Å². The first-order chi connectivity index (χ1) is 9.69. The molecule has 1 aromatic rings. The third-order valence-electron chi connectivity index (χ3n) is 2.81. The van der Waals surface area contributed by atoms with E-state index in [1.807, 2.05) is 37.3 Å². The molecular weight excluding hydrogens is 254 g/mol. The van der Waals surface area contributed by atoms with E-state index in [9.17, 15) is 4.79 Å². The highest BCUT2D eigenvalue weighted by atomic mass is 16.5. The van der Waals surface area contributed by atoms with Gasteiger partial charge in [0.15, 0.2) is 6.61 Å². The number of para-hydroxylation sites is 1. The van der Waals surface area contributed by atoms with Crippen LogP contribution >= 0.6 is 0 Å². The molecule has 1 unspecified atom stereocenters. The molecule has 108 valence electrons. The monoisotopic (exact) mass is 275 g/mol. The highest BCUT2D eigenvalue weighted by Gasteiger charge is 2.11. The normalized spacial score (nSPS) is 11.4. The van der Waals surface area contributed by atoms with Crippen LogP contribution in [0.5, 0.6) is 5.75 Å². The number of carbonyl (C=O) groups excluding carboxylic acids is 1. The maximum Gasteiger partial charge on any atom is 0.257 e. The second-order valence-corrected chi connectivity index (χ2v) is 4.36. The van der Waals surface area contributed by atoms with E-state index in [0.29, 0.717) is 18.7 Å². The van der Waals surface area contributed by atoms with Gasteiger partial charge in [0.05, 0.1) is 12.5 Å². The number of hydrogen-bond donors (Lipinski definition) is 2. The zero-order valence-electron chi connectivity index (χ0n) is 12.0. The Balaban J connectivity index is 2.55. The molecule has 5 nitrogen and oxygen atoms in total. The van der Waals surface area contributed by atoms with Crippen molar-refractivity contribution in [3.8, 4) is 11.8 Å². The molecule has 0 heterocycles. The third kappa shape index (κ3) is 5.29. The van der Waals surface area contributed by atoms with Gasteiger partial charge in [0.25, 0.3) is 5.91 Å². The summed E-state index contributed by atoms with van der Waals surface area (Å²) in [5.41, 5.74) is 1.03. The van der Waals surface area contributed by atoms with Crippen molar-refractivity contribution in [3.05, 3.63) is 29.8 Å². The van der Waals surface area contributed by atoms with E-state index in [4.69, 9.17) is 10.00 Å². The number of benzene rings is 1. The van der Waals surface area contributed by atoms with Gasteiger partial charge in [0.1, 0.15) is 5.75 Å². The Morgan fingerprint density at radius 3 is 2.90 bits per heavy atom. The lowest BCUT2D eigenvalue weighted by molar-refractivity contribution is -0.123. The summed E-state index contributed by atoms with van der Waals surface area (Å²) in [6.07, 6.45) is 0.305. The molecule has 0 aliphatic heterocycles. The van der Waals surface area contributed by atoms with Gasteiger partial charge in [0.2, 0.25) is 0 Å². The maximum absolute atomic E-state index is 11.5. The summed E-state index contributed by atoms with van der Waals surface area (Å²) in [5, 5.41) is 14.3. The summed E-state index contributed by atoms with van der Waals surface area (Å²) >= 11 is 0. The van der Waals surface area contributed by atoms with Gasteiger partial charge >= 0.3 is 0 Å². The van der Waals surface area contributed by atoms with Gasteiger partial charge in [-0.05, 0) is 19.5 Å². The number of nitriles is 1. The van der Waals surface area contributed by atoms with Crippen LogP contribution in [-0.4, -0.2) is 25.6 Å². The summed E-state index contributed by atoms with van der Waals surface area (Å²) in [7, 11) is 0. The van der Waals surface area contributed by atoms with Crippen LogP contribution in [0.2, 0.25) is 0 Å². The van der Waals surface area contributed by atoms with Crippen LogP contribution in [-0.2, 0) is 4.79 Å². The quantitative estimate of drug-likeness (QED) is 0.709. The summed E-state index contributed by atoms with van der Waals surface area (Å²) in [5.74, 6) is 0.488. The van der Waals surface area contributed by atoms with Crippen LogP contribution in [0.15, 0.2) is 24.3 Å². The first-order valence-corrected chi connectivity index (χ1v) is 6.77. The minimum atomic E-state index is -0.217. The molecule has 2 N–H and O–H groups in total. The first-order valence-electron chi connectivity index (χ1n) is 6.77. The first kappa shape index (κ1) is 16.0. The average Bonchev–Trinajstić information content (AvgIpc) is 2.46. The molecule has 0 spiro atoms. The lowest BCUT2D eigenvalue weighted by atomic mass is 10.1. The Morgan fingerprint density at radius 2 is 2.20 bits per heavy atom. The van der Waals surface area contributed by atoms with Gasteiger partial charge < -0.3 is 15.4 Å². The molecular formula is C15H21N3O2. The average molecular weight is 275 g/mol. The molecule has 0 bridgehead atoms. The summed E-state index contributed by atoms with van der Waals surface area (Å²) in [6.45, 7) is 5.28. The van der Waals surface area contributed by atoms with Crippen LogP contribution in [0.1, 0.15) is 31.9 Å². The van der Waals surface area contributed by atoms with E-state index in [0.717, 1.165) is 12.1 Å². The summed E-state index contributed by atoms with van der Waals surface area (Å²) in [4.78, 5) is 11.5. The maximum atomic E-state index is 11.5. The molecule has 1 amide bonds. The lowest BCUT2D eigenvalue weighted by Crippen LogP contribution is -2.30. The second-order valence-electron chi connectivity index (χ2n) is 4.36. The van der Waals surface area contributed by atoms with Crippen molar-refractivity contribution in [2.24, 2.45) is 0 Å². The zero-order chi connectivity index (χ0) is 14.8. The predicted octanol–water partition coefficient (Wildman–Crippen LogP) is 1.77. The van der Waals surface area contributed by atoms with Gasteiger partial charge in [-0.3, -0.25) is 4.79 Å². The Kier molecular flexibility index (Phi) is 7.15. The SMILES string of the molecule is CCNC(C)c1ccccc1OCC(=O)NCCC#N. The fourth-order valence-electron chi connectivity index (χ4n) is 1.84. The fraction of sp³-hybridized carbons (Fsp3) is 0.467. The van der Waals surface area contributed by atoms with Gasteiger partial charge in [-0.25, -0.2) is 0 Å². The number of ether oxygens (including phenoxy) is 1. The summed E-state index contributed by atoms with van der Waals surface area (Å²) in [6, 6.07) is 9.80. The smallest absolute Gasteiger partial charge is 0.257 e. The van der Waals surface area contributed by atoms with Crippen LogP contribution in [0.4, 0.5) is 0 Å². The number of amides is 1. The van der Waals surface area contributed by atoms with Crippen LogP contribution < -0.4 is 15.4 Å². The zero-order valence-corrected chi connectivity index (χ0v) is 12.0. The molecule has 20 heavy (non-hydrogen) atoms. The van der Waals surface area contributed by atoms with Gasteiger partial charge in [-0.2, -0.15) is 5.26 Å². The van der Waals surface area contributed by atoms with Crippen LogP contribution in [0, 0.1) is 11.3 Å². The molecule has 0 aliphatic rings. The topological polar surface area (TPSA) is 74.2 Å².